The summed E-state index contributed by atoms with van der Waals surface area (Å²) in [5, 5.41) is 0. The number of benzene rings is 1. The smallest absolute Gasteiger partial charge is 0.201 e. The van der Waals surface area contributed by atoms with Crippen LogP contribution in [0.2, 0.25) is 0 Å². The Balaban J connectivity index is 1.85. The lowest BCUT2D eigenvalue weighted by Crippen LogP contribution is -2.15. The number of aromatic nitrogens is 2. The van der Waals surface area contributed by atoms with Crippen LogP contribution in [0.25, 0.3) is 11.0 Å². The molecule has 4 heteroatoms. The molecule has 100 valence electrons. The molecule has 2 fully saturated rings. The van der Waals surface area contributed by atoms with Gasteiger partial charge in [-0.1, -0.05) is 0 Å². The number of nitrogens with zero attached hydrogens (tertiary/aromatic N) is 2. The predicted octanol–water partition coefficient (Wildman–Crippen LogP) is 2.99. The van der Waals surface area contributed by atoms with E-state index >= 15 is 0 Å². The fourth-order valence-electron chi connectivity index (χ4n) is 3.22. The van der Waals surface area contributed by atoms with Crippen LogP contribution >= 0.6 is 0 Å². The standard InChI is InChI=1S/C15H19N3O/c1-19-11-6-7-13-12(8-11)17-15(16)18(13)14(9-2-3-9)10-4-5-10/h6-10,14H,2-5H2,1H3,(H2,16,17). The van der Waals surface area contributed by atoms with Crippen molar-refractivity contribution in [2.45, 2.75) is 31.7 Å². The molecule has 0 aliphatic heterocycles. The zero-order valence-electron chi connectivity index (χ0n) is 11.2. The Kier molecular flexibility index (Phi) is 2.28. The maximum atomic E-state index is 6.19. The van der Waals surface area contributed by atoms with Crippen molar-refractivity contribution in [2.24, 2.45) is 11.8 Å². The third kappa shape index (κ3) is 1.78. The number of hydrogen-bond donors (Lipinski definition) is 1. The maximum Gasteiger partial charge on any atom is 0.201 e. The molecule has 19 heavy (non-hydrogen) atoms. The Bertz CT molecular complexity index is 614. The minimum absolute atomic E-state index is 0.568. The van der Waals surface area contributed by atoms with Crippen molar-refractivity contribution in [1.29, 1.82) is 0 Å². The number of imidazole rings is 1. The van der Waals surface area contributed by atoms with E-state index in [0.717, 1.165) is 28.6 Å². The quantitative estimate of drug-likeness (QED) is 0.916. The molecule has 0 amide bonds. The van der Waals surface area contributed by atoms with Crippen molar-refractivity contribution in [2.75, 3.05) is 12.8 Å². The van der Waals surface area contributed by atoms with Crippen LogP contribution in [-0.2, 0) is 0 Å². The Morgan fingerprint density at radius 3 is 2.53 bits per heavy atom. The molecule has 1 aromatic carbocycles. The molecule has 0 bridgehead atoms. The summed E-state index contributed by atoms with van der Waals surface area (Å²) in [7, 11) is 1.68. The van der Waals surface area contributed by atoms with Crippen molar-refractivity contribution >= 4 is 17.0 Å². The van der Waals surface area contributed by atoms with E-state index in [0.29, 0.717) is 12.0 Å². The number of nitrogens with two attached hydrogens (primary N) is 1. The summed E-state index contributed by atoms with van der Waals surface area (Å²) in [5.41, 5.74) is 8.29. The van der Waals surface area contributed by atoms with Crippen LogP contribution in [0.3, 0.4) is 0 Å². The van der Waals surface area contributed by atoms with Gasteiger partial charge in [0.25, 0.3) is 0 Å². The van der Waals surface area contributed by atoms with Gasteiger partial charge in [-0.05, 0) is 49.7 Å². The highest BCUT2D eigenvalue weighted by atomic mass is 16.5. The second kappa shape index (κ2) is 3.89. The highest BCUT2D eigenvalue weighted by Gasteiger charge is 2.43. The van der Waals surface area contributed by atoms with Crippen molar-refractivity contribution in [3.63, 3.8) is 0 Å². The maximum absolute atomic E-state index is 6.19. The van der Waals surface area contributed by atoms with Gasteiger partial charge in [-0.2, -0.15) is 0 Å². The molecule has 2 N–H and O–H groups in total. The van der Waals surface area contributed by atoms with Crippen LogP contribution in [0.15, 0.2) is 18.2 Å². The number of rotatable bonds is 4. The number of anilines is 1. The molecule has 0 spiro atoms. The van der Waals surface area contributed by atoms with E-state index in [9.17, 15) is 0 Å². The predicted molar refractivity (Wildman–Crippen MR) is 75.2 cm³/mol. The fourth-order valence-corrected chi connectivity index (χ4v) is 3.22. The topological polar surface area (TPSA) is 53.1 Å². The van der Waals surface area contributed by atoms with Crippen LogP contribution in [0, 0.1) is 11.8 Å². The molecular formula is C15H19N3O. The van der Waals surface area contributed by atoms with Crippen molar-refractivity contribution in [1.82, 2.24) is 9.55 Å². The number of fused-ring (bicyclic) bond motifs is 1. The van der Waals surface area contributed by atoms with Crippen LogP contribution < -0.4 is 10.5 Å². The van der Waals surface area contributed by atoms with Gasteiger partial charge in [0.05, 0.1) is 18.1 Å². The molecule has 2 aliphatic carbocycles. The first-order chi connectivity index (χ1) is 9.28. The number of methoxy groups -OCH3 is 1. The summed E-state index contributed by atoms with van der Waals surface area (Å²) in [6.45, 7) is 0. The SMILES string of the molecule is COc1ccc2c(c1)nc(N)n2C(C1CC1)C1CC1. The van der Waals surface area contributed by atoms with Gasteiger partial charge in [0.15, 0.2) is 0 Å². The van der Waals surface area contributed by atoms with E-state index in [2.05, 4.69) is 15.6 Å². The average Bonchev–Trinajstić information content (AvgIpc) is 3.29. The summed E-state index contributed by atoms with van der Waals surface area (Å²) >= 11 is 0. The Morgan fingerprint density at radius 1 is 1.26 bits per heavy atom. The second-order valence-corrected chi connectivity index (χ2v) is 5.86. The highest BCUT2D eigenvalue weighted by molar-refractivity contribution is 5.80. The van der Waals surface area contributed by atoms with Crippen LogP contribution in [-0.4, -0.2) is 16.7 Å². The lowest BCUT2D eigenvalue weighted by atomic mass is 10.1. The molecule has 0 unspecified atom stereocenters. The zero-order chi connectivity index (χ0) is 13.0. The van der Waals surface area contributed by atoms with E-state index in [1.807, 2.05) is 12.1 Å². The molecule has 2 aromatic rings. The molecule has 0 atom stereocenters. The Morgan fingerprint density at radius 2 is 1.95 bits per heavy atom. The third-order valence-corrected chi connectivity index (χ3v) is 4.43. The summed E-state index contributed by atoms with van der Waals surface area (Å²) in [4.78, 5) is 4.52. The minimum Gasteiger partial charge on any atom is -0.497 e. The van der Waals surface area contributed by atoms with Crippen LogP contribution in [0.5, 0.6) is 5.75 Å². The van der Waals surface area contributed by atoms with Gasteiger partial charge in [-0.3, -0.25) is 0 Å². The largest absolute Gasteiger partial charge is 0.497 e. The Labute approximate surface area is 112 Å². The Hall–Kier alpha value is -1.71. The summed E-state index contributed by atoms with van der Waals surface area (Å²) in [6, 6.07) is 6.63. The van der Waals surface area contributed by atoms with E-state index in [1.54, 1.807) is 7.11 Å². The molecule has 0 radical (unpaired) electrons. The molecule has 1 heterocycles. The molecular weight excluding hydrogens is 238 g/mol. The molecule has 2 aliphatic rings. The van der Waals surface area contributed by atoms with E-state index in [4.69, 9.17) is 10.5 Å². The zero-order valence-corrected chi connectivity index (χ0v) is 11.2. The molecule has 4 rings (SSSR count). The summed E-state index contributed by atoms with van der Waals surface area (Å²) < 4.78 is 7.54. The van der Waals surface area contributed by atoms with Gasteiger partial charge in [-0.15, -0.1) is 0 Å². The fraction of sp³-hybridized carbons (Fsp3) is 0.533. The van der Waals surface area contributed by atoms with Crippen molar-refractivity contribution in [3.8, 4) is 5.75 Å². The average molecular weight is 257 g/mol. The minimum atomic E-state index is 0.568. The molecule has 2 saturated carbocycles. The van der Waals surface area contributed by atoms with Gasteiger partial charge < -0.3 is 15.0 Å². The van der Waals surface area contributed by atoms with E-state index in [-0.39, 0.29) is 0 Å². The van der Waals surface area contributed by atoms with Gasteiger partial charge in [0, 0.05) is 12.1 Å². The lowest BCUT2D eigenvalue weighted by molar-refractivity contribution is 0.408. The second-order valence-electron chi connectivity index (χ2n) is 5.86. The van der Waals surface area contributed by atoms with E-state index in [1.165, 1.54) is 25.7 Å². The van der Waals surface area contributed by atoms with Gasteiger partial charge in [-0.25, -0.2) is 4.98 Å². The van der Waals surface area contributed by atoms with Crippen molar-refractivity contribution in [3.05, 3.63) is 18.2 Å². The highest BCUT2D eigenvalue weighted by Crippen LogP contribution is 2.53. The first-order valence-electron chi connectivity index (χ1n) is 7.09. The first kappa shape index (κ1) is 11.1. The van der Waals surface area contributed by atoms with Gasteiger partial charge in [0.2, 0.25) is 5.95 Å². The summed E-state index contributed by atoms with van der Waals surface area (Å²) in [5.74, 6) is 3.13. The normalized spacial score (nSPS) is 19.3. The molecule has 4 nitrogen and oxygen atoms in total. The lowest BCUT2D eigenvalue weighted by Gasteiger charge is -2.20. The molecule has 0 saturated heterocycles. The van der Waals surface area contributed by atoms with Gasteiger partial charge >= 0.3 is 0 Å². The van der Waals surface area contributed by atoms with Crippen LogP contribution in [0.1, 0.15) is 31.7 Å². The number of nitrogen functional groups attached to an aromatic ring is 1. The van der Waals surface area contributed by atoms with Gasteiger partial charge in [0.1, 0.15) is 5.75 Å². The van der Waals surface area contributed by atoms with Crippen molar-refractivity contribution < 1.29 is 4.74 Å². The number of hydrogen-bond acceptors (Lipinski definition) is 3. The molecule has 1 aromatic heterocycles. The monoisotopic (exact) mass is 257 g/mol. The van der Waals surface area contributed by atoms with E-state index < -0.39 is 0 Å². The first-order valence-corrected chi connectivity index (χ1v) is 7.09. The summed E-state index contributed by atoms with van der Waals surface area (Å²) in [6.07, 6.45) is 5.37. The number of ether oxygens (including phenoxy) is 1. The van der Waals surface area contributed by atoms with Crippen LogP contribution in [0.4, 0.5) is 5.95 Å². The third-order valence-electron chi connectivity index (χ3n) is 4.43.